The molecule has 3 atom stereocenters. The number of nitrogens with zero attached hydrogens (tertiary/aromatic N) is 3. The van der Waals surface area contributed by atoms with Crippen LogP contribution in [0.25, 0.3) is 11.3 Å². The molecule has 2 aliphatic heterocycles. The lowest BCUT2D eigenvalue weighted by atomic mass is 9.91. The average Bonchev–Trinajstić information content (AvgIpc) is 3.31. The van der Waals surface area contributed by atoms with E-state index in [9.17, 15) is 9.50 Å². The Labute approximate surface area is 214 Å². The molecule has 3 N–H and O–H groups in total. The van der Waals surface area contributed by atoms with Crippen molar-refractivity contribution < 1.29 is 23.0 Å². The predicted octanol–water partition coefficient (Wildman–Crippen LogP) is 4.13. The average molecular weight is 513 g/mol. The number of aryl methyl sites for hydroxylation is 2. The number of pyridine rings is 2. The lowest BCUT2D eigenvalue weighted by Gasteiger charge is -2.37. The van der Waals surface area contributed by atoms with Crippen LogP contribution in [0.5, 0.6) is 0 Å². The van der Waals surface area contributed by atoms with E-state index < -0.39 is 34.3 Å². The van der Waals surface area contributed by atoms with Crippen molar-refractivity contribution in [1.82, 2.24) is 9.97 Å². The highest BCUT2D eigenvalue weighted by Crippen LogP contribution is 2.35. The van der Waals surface area contributed by atoms with Gasteiger partial charge in [0.2, 0.25) is 0 Å². The molecule has 0 spiro atoms. The van der Waals surface area contributed by atoms with Crippen LogP contribution in [0.2, 0.25) is 0 Å². The molecule has 2 fully saturated rings. The predicted molar refractivity (Wildman–Crippen MR) is 134 cm³/mol. The van der Waals surface area contributed by atoms with Gasteiger partial charge in [-0.2, -0.15) is 0 Å². The van der Waals surface area contributed by atoms with E-state index in [0.717, 1.165) is 42.9 Å². The fraction of sp³-hybridized carbons (Fsp3) is 0.429. The normalized spacial score (nSPS) is 24.0. The van der Waals surface area contributed by atoms with Gasteiger partial charge in [0.15, 0.2) is 0 Å². The first-order valence-electron chi connectivity index (χ1n) is 12.6. The van der Waals surface area contributed by atoms with Crippen molar-refractivity contribution in [2.45, 2.75) is 44.2 Å². The highest BCUT2D eigenvalue weighted by Gasteiger charge is 2.36. The molecule has 1 aromatic carbocycles. The number of anilines is 1. The molecule has 0 radical (unpaired) electrons. The summed E-state index contributed by atoms with van der Waals surface area (Å²) in [6, 6.07) is 6.85. The van der Waals surface area contributed by atoms with Gasteiger partial charge < -0.3 is 20.5 Å². The van der Waals surface area contributed by atoms with Gasteiger partial charge in [-0.15, -0.1) is 0 Å². The highest BCUT2D eigenvalue weighted by molar-refractivity contribution is 5.63. The van der Waals surface area contributed by atoms with Crippen molar-refractivity contribution >= 4 is 5.69 Å². The van der Waals surface area contributed by atoms with Crippen molar-refractivity contribution in [3.05, 3.63) is 77.0 Å². The van der Waals surface area contributed by atoms with Crippen molar-refractivity contribution in [3.8, 4) is 11.3 Å². The summed E-state index contributed by atoms with van der Waals surface area (Å²) in [7, 11) is 0. The smallest absolute Gasteiger partial charge is 0.149 e. The largest absolute Gasteiger partial charge is 0.383 e. The maximum absolute atomic E-state index is 15.1. The molecule has 6 nitrogen and oxygen atoms in total. The number of nitrogens with two attached hydrogens (primary N) is 1. The highest BCUT2D eigenvalue weighted by atomic mass is 19.1. The quantitative estimate of drug-likeness (QED) is 0.517. The lowest BCUT2D eigenvalue weighted by molar-refractivity contribution is 0.0227. The van der Waals surface area contributed by atoms with Gasteiger partial charge in [-0.05, 0) is 66.6 Å². The number of halogens is 3. The van der Waals surface area contributed by atoms with Crippen LogP contribution in [0.3, 0.4) is 0 Å². The van der Waals surface area contributed by atoms with Crippen LogP contribution in [-0.4, -0.2) is 47.4 Å². The second-order valence-corrected chi connectivity index (χ2v) is 10.3. The molecule has 0 aliphatic carbocycles. The first kappa shape index (κ1) is 25.6. The molecule has 37 heavy (non-hydrogen) atoms. The Morgan fingerprint density at radius 2 is 1.89 bits per heavy atom. The number of rotatable bonds is 6. The lowest BCUT2D eigenvalue weighted by Crippen LogP contribution is -2.46. The summed E-state index contributed by atoms with van der Waals surface area (Å²) in [5, 5.41) is 10.6. The van der Waals surface area contributed by atoms with Gasteiger partial charge in [0.05, 0.1) is 12.2 Å². The Hall–Kier alpha value is -3.01. The van der Waals surface area contributed by atoms with E-state index in [2.05, 4.69) is 21.8 Å². The van der Waals surface area contributed by atoms with Gasteiger partial charge in [-0.1, -0.05) is 6.92 Å². The molecule has 196 valence electrons. The van der Waals surface area contributed by atoms with Crippen LogP contribution in [0.15, 0.2) is 42.7 Å². The van der Waals surface area contributed by atoms with Crippen LogP contribution in [0, 0.1) is 23.4 Å². The number of hydrogen-bond acceptors (Lipinski definition) is 6. The summed E-state index contributed by atoms with van der Waals surface area (Å²) in [5.74, 6) is -2.31. The van der Waals surface area contributed by atoms with Crippen LogP contribution < -0.4 is 10.6 Å². The van der Waals surface area contributed by atoms with E-state index in [-0.39, 0.29) is 24.6 Å². The molecule has 4 heterocycles. The minimum absolute atomic E-state index is 0.0497. The van der Waals surface area contributed by atoms with Gasteiger partial charge in [-0.3, -0.25) is 4.98 Å². The summed E-state index contributed by atoms with van der Waals surface area (Å²) >= 11 is 0. The first-order chi connectivity index (χ1) is 17.7. The van der Waals surface area contributed by atoms with E-state index in [1.54, 1.807) is 12.4 Å². The van der Waals surface area contributed by atoms with Crippen molar-refractivity contribution in [2.24, 2.45) is 11.7 Å². The zero-order valence-corrected chi connectivity index (χ0v) is 20.8. The summed E-state index contributed by atoms with van der Waals surface area (Å²) in [6.45, 7) is 4.09. The Morgan fingerprint density at radius 3 is 2.59 bits per heavy atom. The van der Waals surface area contributed by atoms with Crippen LogP contribution >= 0.6 is 0 Å². The van der Waals surface area contributed by atoms with E-state index in [0.29, 0.717) is 31.1 Å². The molecule has 5 rings (SSSR count). The molecule has 2 aliphatic rings. The Balaban J connectivity index is 1.39. The number of aliphatic hydroxyl groups is 1. The second-order valence-electron chi connectivity index (χ2n) is 10.3. The summed E-state index contributed by atoms with van der Waals surface area (Å²) in [6.07, 6.45) is 5.77. The Morgan fingerprint density at radius 1 is 1.11 bits per heavy atom. The molecule has 0 saturated carbocycles. The van der Waals surface area contributed by atoms with E-state index in [1.807, 2.05) is 6.07 Å². The number of hydrogen-bond donors (Lipinski definition) is 2. The van der Waals surface area contributed by atoms with Crippen LogP contribution in [0.1, 0.15) is 36.6 Å². The molecule has 0 bridgehead atoms. The van der Waals surface area contributed by atoms with Gasteiger partial charge in [0.1, 0.15) is 28.7 Å². The maximum Gasteiger partial charge on any atom is 0.149 e. The molecular formula is C28H31F3N4O2. The standard InChI is InChI=1S/C28H31F3N4O2/c1-17-10-20(32)15-35(14-17)25-6-8-33-13-18(25)2-3-21-4-5-22(29)27(34-21)26-23(30)11-19(12-24(26)31)28(36)7-9-37-16-28/h4-6,8,11-13,17,20,36H,2-3,7,9-10,14-16,32H2,1H3/t17-,20+,28?/m1/s1. The zero-order valence-electron chi connectivity index (χ0n) is 20.8. The fourth-order valence-electron chi connectivity index (χ4n) is 5.43. The Kier molecular flexibility index (Phi) is 7.20. The topological polar surface area (TPSA) is 84.5 Å². The van der Waals surface area contributed by atoms with Crippen molar-refractivity contribution in [1.29, 1.82) is 0 Å². The molecule has 9 heteroatoms. The van der Waals surface area contributed by atoms with Crippen molar-refractivity contribution in [3.63, 3.8) is 0 Å². The molecule has 3 aromatic rings. The third kappa shape index (κ3) is 5.35. The van der Waals surface area contributed by atoms with E-state index in [4.69, 9.17) is 10.5 Å². The molecule has 0 amide bonds. The summed E-state index contributed by atoms with van der Waals surface area (Å²) in [5.41, 5.74) is 6.46. The van der Waals surface area contributed by atoms with E-state index >= 15 is 8.78 Å². The molecular weight excluding hydrogens is 481 g/mol. The zero-order chi connectivity index (χ0) is 26.2. The molecule has 2 saturated heterocycles. The Bertz CT molecular complexity index is 1250. The monoisotopic (exact) mass is 512 g/mol. The SMILES string of the molecule is C[C@@H]1C[C@H](N)CN(c2ccncc2CCc2ccc(F)c(-c3c(F)cc(C4(O)CCOC4)cc3F)n2)C1. The van der Waals surface area contributed by atoms with Crippen molar-refractivity contribution in [2.75, 3.05) is 31.2 Å². The van der Waals surface area contributed by atoms with E-state index in [1.165, 1.54) is 12.1 Å². The van der Waals surface area contributed by atoms with Crippen LogP contribution in [0.4, 0.5) is 18.9 Å². The maximum atomic E-state index is 15.1. The number of aromatic nitrogens is 2. The minimum Gasteiger partial charge on any atom is -0.383 e. The second kappa shape index (κ2) is 10.4. The molecule has 1 unspecified atom stereocenters. The fourth-order valence-corrected chi connectivity index (χ4v) is 5.43. The van der Waals surface area contributed by atoms with Crippen LogP contribution in [-0.2, 0) is 23.2 Å². The first-order valence-corrected chi connectivity index (χ1v) is 12.6. The number of ether oxygens (including phenoxy) is 1. The molecule has 2 aromatic heterocycles. The summed E-state index contributed by atoms with van der Waals surface area (Å²) in [4.78, 5) is 10.8. The third-order valence-corrected chi connectivity index (χ3v) is 7.28. The van der Waals surface area contributed by atoms with Gasteiger partial charge >= 0.3 is 0 Å². The van der Waals surface area contributed by atoms with Gasteiger partial charge in [0, 0.05) is 55.9 Å². The minimum atomic E-state index is -1.47. The number of benzene rings is 1. The summed E-state index contributed by atoms with van der Waals surface area (Å²) < 4.78 is 50.1. The third-order valence-electron chi connectivity index (χ3n) is 7.28. The number of piperidine rings is 1. The van der Waals surface area contributed by atoms with Gasteiger partial charge in [-0.25, -0.2) is 18.2 Å². The van der Waals surface area contributed by atoms with Gasteiger partial charge in [0.25, 0.3) is 0 Å².